The number of carbonyl (C=O) groups is 2. The van der Waals surface area contributed by atoms with E-state index in [4.69, 9.17) is 10.5 Å². The number of hydrogen-bond donors (Lipinski definition) is 3. The standard InChI is InChI=1S/C19H17FN4O3/c1-27-18-13(19(26)22-10-16(21)25)7-9-15-17(18)14(23-24-15)8-4-11-2-5-12(20)6-3-11/h2-9H,10H2,1H3,(H2,21,25)(H,22,26)(H,23,24)/b8-4+. The van der Waals surface area contributed by atoms with Crippen molar-refractivity contribution < 1.29 is 18.7 Å². The predicted octanol–water partition coefficient (Wildman–Crippen LogP) is 2.10. The molecule has 1 heterocycles. The Labute approximate surface area is 154 Å². The largest absolute Gasteiger partial charge is 0.495 e. The number of nitrogens with zero attached hydrogens (tertiary/aromatic N) is 1. The summed E-state index contributed by atoms with van der Waals surface area (Å²) in [6.07, 6.45) is 3.51. The lowest BCUT2D eigenvalue weighted by Gasteiger charge is -2.10. The number of carbonyl (C=O) groups excluding carboxylic acids is 2. The summed E-state index contributed by atoms with van der Waals surface area (Å²) in [6, 6.07) is 9.28. The lowest BCUT2D eigenvalue weighted by atomic mass is 10.1. The fourth-order valence-electron chi connectivity index (χ4n) is 2.63. The Bertz CT molecular complexity index is 1030. The van der Waals surface area contributed by atoms with Gasteiger partial charge in [0.25, 0.3) is 5.91 Å². The van der Waals surface area contributed by atoms with Crippen LogP contribution in [0.15, 0.2) is 36.4 Å². The normalized spacial score (nSPS) is 11.0. The van der Waals surface area contributed by atoms with Gasteiger partial charge in [-0.2, -0.15) is 5.10 Å². The Kier molecular flexibility index (Phi) is 5.16. The Balaban J connectivity index is 1.99. The van der Waals surface area contributed by atoms with Gasteiger partial charge in [0.2, 0.25) is 5.91 Å². The number of fused-ring (bicyclic) bond motifs is 1. The van der Waals surface area contributed by atoms with Crippen molar-refractivity contribution in [3.05, 3.63) is 59.0 Å². The predicted molar refractivity (Wildman–Crippen MR) is 99.5 cm³/mol. The van der Waals surface area contributed by atoms with Crippen LogP contribution in [0.25, 0.3) is 23.1 Å². The van der Waals surface area contributed by atoms with E-state index >= 15 is 0 Å². The van der Waals surface area contributed by atoms with Crippen molar-refractivity contribution in [2.45, 2.75) is 0 Å². The molecule has 7 nitrogen and oxygen atoms in total. The van der Waals surface area contributed by atoms with Crippen molar-refractivity contribution in [2.24, 2.45) is 5.73 Å². The van der Waals surface area contributed by atoms with E-state index in [2.05, 4.69) is 15.5 Å². The highest BCUT2D eigenvalue weighted by Gasteiger charge is 2.19. The van der Waals surface area contributed by atoms with Crippen LogP contribution in [0, 0.1) is 5.82 Å². The van der Waals surface area contributed by atoms with Crippen LogP contribution in [-0.2, 0) is 4.79 Å². The van der Waals surface area contributed by atoms with Gasteiger partial charge in [-0.25, -0.2) is 4.39 Å². The molecule has 138 valence electrons. The number of nitrogens with one attached hydrogen (secondary N) is 2. The van der Waals surface area contributed by atoms with Crippen molar-refractivity contribution >= 4 is 34.9 Å². The average Bonchev–Trinajstić information content (AvgIpc) is 3.08. The zero-order valence-corrected chi connectivity index (χ0v) is 14.5. The first-order valence-electron chi connectivity index (χ1n) is 8.05. The van der Waals surface area contributed by atoms with Crippen LogP contribution in [-0.4, -0.2) is 35.7 Å². The van der Waals surface area contributed by atoms with Gasteiger partial charge in [0, 0.05) is 0 Å². The minimum Gasteiger partial charge on any atom is -0.495 e. The van der Waals surface area contributed by atoms with Gasteiger partial charge in [0.1, 0.15) is 11.6 Å². The zero-order valence-electron chi connectivity index (χ0n) is 14.5. The van der Waals surface area contributed by atoms with Crippen molar-refractivity contribution in [1.29, 1.82) is 0 Å². The number of nitrogens with two attached hydrogens (primary N) is 1. The highest BCUT2D eigenvalue weighted by atomic mass is 19.1. The Morgan fingerprint density at radius 3 is 2.63 bits per heavy atom. The topological polar surface area (TPSA) is 110 Å². The number of aromatic nitrogens is 2. The molecule has 2 aromatic carbocycles. The van der Waals surface area contributed by atoms with E-state index in [1.807, 2.05) is 0 Å². The quantitative estimate of drug-likeness (QED) is 0.619. The molecule has 0 unspecified atom stereocenters. The first-order valence-corrected chi connectivity index (χ1v) is 8.05. The van der Waals surface area contributed by atoms with Gasteiger partial charge in [-0.3, -0.25) is 14.7 Å². The van der Waals surface area contributed by atoms with Crippen LogP contribution in [0.5, 0.6) is 5.75 Å². The van der Waals surface area contributed by atoms with Gasteiger partial charge < -0.3 is 15.8 Å². The Morgan fingerprint density at radius 2 is 1.96 bits per heavy atom. The molecule has 0 radical (unpaired) electrons. The molecule has 0 atom stereocenters. The van der Waals surface area contributed by atoms with Crippen molar-refractivity contribution in [3.8, 4) is 5.75 Å². The maximum absolute atomic E-state index is 13.0. The summed E-state index contributed by atoms with van der Waals surface area (Å²) in [5.41, 5.74) is 7.34. The molecular weight excluding hydrogens is 351 g/mol. The van der Waals surface area contributed by atoms with Crippen LogP contribution in [0.1, 0.15) is 21.6 Å². The second-order valence-electron chi connectivity index (χ2n) is 5.71. The number of amides is 2. The van der Waals surface area contributed by atoms with Crippen LogP contribution in [0.3, 0.4) is 0 Å². The number of rotatable bonds is 6. The van der Waals surface area contributed by atoms with Crippen LogP contribution >= 0.6 is 0 Å². The maximum Gasteiger partial charge on any atom is 0.255 e. The van der Waals surface area contributed by atoms with Crippen LogP contribution in [0.4, 0.5) is 4.39 Å². The summed E-state index contributed by atoms with van der Waals surface area (Å²) in [5.74, 6) is -1.12. The fourth-order valence-corrected chi connectivity index (χ4v) is 2.63. The monoisotopic (exact) mass is 368 g/mol. The summed E-state index contributed by atoms with van der Waals surface area (Å²) in [5, 5.41) is 10.2. The van der Waals surface area contributed by atoms with Gasteiger partial charge in [0.05, 0.1) is 35.8 Å². The molecule has 0 fully saturated rings. The molecule has 0 bridgehead atoms. The van der Waals surface area contributed by atoms with Crippen molar-refractivity contribution in [2.75, 3.05) is 13.7 Å². The first-order chi connectivity index (χ1) is 13.0. The van der Waals surface area contributed by atoms with Gasteiger partial charge in [0.15, 0.2) is 0 Å². The van der Waals surface area contributed by atoms with E-state index in [1.54, 1.807) is 36.4 Å². The number of benzene rings is 2. The van der Waals surface area contributed by atoms with Crippen LogP contribution < -0.4 is 15.8 Å². The number of methoxy groups -OCH3 is 1. The van der Waals surface area contributed by atoms with Crippen LogP contribution in [0.2, 0.25) is 0 Å². The number of ether oxygens (including phenoxy) is 1. The molecular formula is C19H17FN4O3. The van der Waals surface area contributed by atoms with E-state index in [-0.39, 0.29) is 17.9 Å². The molecule has 0 aliphatic rings. The van der Waals surface area contributed by atoms with E-state index in [0.717, 1.165) is 5.56 Å². The number of H-pyrrole nitrogens is 1. The SMILES string of the molecule is COc1c(C(=O)NCC(N)=O)ccc2[nH]nc(/C=C/c3ccc(F)cc3)c12. The summed E-state index contributed by atoms with van der Waals surface area (Å²) >= 11 is 0. The molecule has 3 aromatic rings. The smallest absolute Gasteiger partial charge is 0.255 e. The molecule has 27 heavy (non-hydrogen) atoms. The summed E-state index contributed by atoms with van der Waals surface area (Å²) in [6.45, 7) is -0.275. The Morgan fingerprint density at radius 1 is 1.22 bits per heavy atom. The Hall–Kier alpha value is -3.68. The number of primary amides is 1. The molecule has 2 amide bonds. The number of aromatic amines is 1. The third-order valence-corrected chi connectivity index (χ3v) is 3.89. The van der Waals surface area contributed by atoms with E-state index in [9.17, 15) is 14.0 Å². The van der Waals surface area contributed by atoms with Crippen molar-refractivity contribution in [1.82, 2.24) is 15.5 Å². The minimum atomic E-state index is -0.644. The molecule has 0 aliphatic heterocycles. The van der Waals surface area contributed by atoms with E-state index in [1.165, 1.54) is 19.2 Å². The number of hydrogen-bond acceptors (Lipinski definition) is 4. The minimum absolute atomic E-state index is 0.254. The molecule has 4 N–H and O–H groups in total. The highest BCUT2D eigenvalue weighted by Crippen LogP contribution is 2.32. The first kappa shape index (κ1) is 18.1. The van der Waals surface area contributed by atoms with Gasteiger partial charge in [-0.05, 0) is 35.9 Å². The lowest BCUT2D eigenvalue weighted by molar-refractivity contribution is -0.117. The molecule has 0 saturated heterocycles. The summed E-state index contributed by atoms with van der Waals surface area (Å²) in [7, 11) is 1.44. The van der Waals surface area contributed by atoms with E-state index < -0.39 is 11.8 Å². The molecule has 3 rings (SSSR count). The van der Waals surface area contributed by atoms with Gasteiger partial charge in [-0.1, -0.05) is 18.2 Å². The third-order valence-electron chi connectivity index (χ3n) is 3.89. The van der Waals surface area contributed by atoms with Crippen molar-refractivity contribution in [3.63, 3.8) is 0 Å². The average molecular weight is 368 g/mol. The molecule has 1 aromatic heterocycles. The molecule has 0 saturated carbocycles. The maximum atomic E-state index is 13.0. The summed E-state index contributed by atoms with van der Waals surface area (Å²) < 4.78 is 18.4. The third kappa shape index (κ3) is 3.95. The molecule has 0 aliphatic carbocycles. The number of halogens is 1. The lowest BCUT2D eigenvalue weighted by Crippen LogP contribution is -2.33. The molecule has 8 heteroatoms. The van der Waals surface area contributed by atoms with Gasteiger partial charge >= 0.3 is 0 Å². The molecule has 0 spiro atoms. The summed E-state index contributed by atoms with van der Waals surface area (Å²) in [4.78, 5) is 23.2. The zero-order chi connectivity index (χ0) is 19.4. The highest BCUT2D eigenvalue weighted by molar-refractivity contribution is 6.06. The van der Waals surface area contributed by atoms with Gasteiger partial charge in [-0.15, -0.1) is 0 Å². The fraction of sp³-hybridized carbons (Fsp3) is 0.105. The van der Waals surface area contributed by atoms with E-state index in [0.29, 0.717) is 22.3 Å². The second kappa shape index (κ2) is 7.69. The second-order valence-corrected chi connectivity index (χ2v) is 5.71.